The van der Waals surface area contributed by atoms with Crippen molar-refractivity contribution in [1.82, 2.24) is 14.9 Å². The molecule has 170 valence electrons. The molecule has 8 nitrogen and oxygen atoms in total. The predicted molar refractivity (Wildman–Crippen MR) is 119 cm³/mol. The minimum atomic E-state index is -3.46. The van der Waals surface area contributed by atoms with E-state index in [0.717, 1.165) is 44.8 Å². The van der Waals surface area contributed by atoms with Crippen LogP contribution in [0.15, 0.2) is 34.2 Å². The zero-order valence-corrected chi connectivity index (χ0v) is 19.4. The number of sulfonamides is 1. The molecule has 1 saturated heterocycles. The van der Waals surface area contributed by atoms with Crippen molar-refractivity contribution in [3.8, 4) is 0 Å². The Morgan fingerprint density at radius 3 is 2.63 bits per heavy atom. The van der Waals surface area contributed by atoms with Crippen LogP contribution in [0, 0.1) is 5.92 Å². The van der Waals surface area contributed by atoms with Gasteiger partial charge in [0.05, 0.1) is 18.1 Å². The van der Waals surface area contributed by atoms with Gasteiger partial charge < -0.3 is 20.1 Å². The van der Waals surface area contributed by atoms with E-state index in [1.54, 1.807) is 26.2 Å². The van der Waals surface area contributed by atoms with Crippen molar-refractivity contribution >= 4 is 16.0 Å². The molecule has 0 amide bonds. The number of guanidine groups is 1. The highest BCUT2D eigenvalue weighted by molar-refractivity contribution is 7.89. The fourth-order valence-electron chi connectivity index (χ4n) is 2.98. The summed E-state index contributed by atoms with van der Waals surface area (Å²) in [6.07, 6.45) is 1.99. The van der Waals surface area contributed by atoms with E-state index >= 15 is 0 Å². The fraction of sp³-hybridized carbons (Fsp3) is 0.667. The van der Waals surface area contributed by atoms with Crippen LogP contribution >= 0.6 is 0 Å². The van der Waals surface area contributed by atoms with Crippen LogP contribution in [0.1, 0.15) is 32.3 Å². The van der Waals surface area contributed by atoms with Crippen LogP contribution in [0.4, 0.5) is 0 Å². The summed E-state index contributed by atoms with van der Waals surface area (Å²) in [7, 11) is -0.136. The second-order valence-electron chi connectivity index (χ2n) is 7.77. The maximum atomic E-state index is 12.5. The molecule has 0 saturated carbocycles. The maximum absolute atomic E-state index is 12.5. The first kappa shape index (κ1) is 24.6. The highest BCUT2D eigenvalue weighted by Crippen LogP contribution is 2.17. The molecule has 0 aromatic heterocycles. The van der Waals surface area contributed by atoms with Gasteiger partial charge >= 0.3 is 0 Å². The molecule has 1 heterocycles. The minimum Gasteiger partial charge on any atom is -0.381 e. The number of benzene rings is 1. The standard InChI is InChI=1S/C21H36N4O4S/c1-17(2)25(4)30(26,27)20-8-6-18(7-9-20)14-24-21(22-3)23-11-5-12-28-15-19-10-13-29-16-19/h6-9,17,19H,5,10-16H2,1-4H3,(H2,22,23,24). The van der Waals surface area contributed by atoms with Gasteiger partial charge in [-0.2, -0.15) is 4.31 Å². The Morgan fingerprint density at radius 2 is 2.03 bits per heavy atom. The molecule has 9 heteroatoms. The zero-order valence-electron chi connectivity index (χ0n) is 18.6. The van der Waals surface area contributed by atoms with Crippen molar-refractivity contribution in [1.29, 1.82) is 0 Å². The molecule has 1 aromatic rings. The van der Waals surface area contributed by atoms with Crippen LogP contribution in [0.3, 0.4) is 0 Å². The third-order valence-corrected chi connectivity index (χ3v) is 7.19. The van der Waals surface area contributed by atoms with Gasteiger partial charge in [0.15, 0.2) is 5.96 Å². The van der Waals surface area contributed by atoms with Crippen molar-refractivity contribution in [2.75, 3.05) is 47.1 Å². The molecule has 1 aliphatic rings. The molecule has 0 spiro atoms. The number of aliphatic imine (C=N–C) groups is 1. The summed E-state index contributed by atoms with van der Waals surface area (Å²) in [5.74, 6) is 1.25. The first-order valence-electron chi connectivity index (χ1n) is 10.5. The lowest BCUT2D eigenvalue weighted by Gasteiger charge is -2.21. The van der Waals surface area contributed by atoms with Crippen LogP contribution < -0.4 is 10.6 Å². The van der Waals surface area contributed by atoms with Gasteiger partial charge in [0.25, 0.3) is 0 Å². The Hall–Kier alpha value is -1.68. The van der Waals surface area contributed by atoms with Gasteiger partial charge in [-0.3, -0.25) is 4.99 Å². The van der Waals surface area contributed by atoms with Crippen molar-refractivity contribution in [3.63, 3.8) is 0 Å². The van der Waals surface area contributed by atoms with Crippen LogP contribution in [-0.2, 0) is 26.0 Å². The third-order valence-electron chi connectivity index (χ3n) is 5.15. The van der Waals surface area contributed by atoms with Gasteiger partial charge in [0.1, 0.15) is 0 Å². The molecule has 2 rings (SSSR count). The molecule has 1 atom stereocenters. The van der Waals surface area contributed by atoms with E-state index in [0.29, 0.717) is 29.9 Å². The second-order valence-corrected chi connectivity index (χ2v) is 9.77. The largest absolute Gasteiger partial charge is 0.381 e. The van der Waals surface area contributed by atoms with E-state index in [1.165, 1.54) is 4.31 Å². The molecular formula is C21H36N4O4S. The highest BCUT2D eigenvalue weighted by atomic mass is 32.2. The normalized spacial score (nSPS) is 17.7. The summed E-state index contributed by atoms with van der Waals surface area (Å²) in [5.41, 5.74) is 0.978. The van der Waals surface area contributed by atoms with Gasteiger partial charge in [-0.25, -0.2) is 8.42 Å². The van der Waals surface area contributed by atoms with E-state index in [1.807, 2.05) is 26.0 Å². The van der Waals surface area contributed by atoms with Gasteiger partial charge in [0.2, 0.25) is 10.0 Å². The molecule has 1 fully saturated rings. The lowest BCUT2D eigenvalue weighted by Crippen LogP contribution is -2.37. The number of hydrogen-bond donors (Lipinski definition) is 2. The zero-order chi connectivity index (χ0) is 22.0. The topological polar surface area (TPSA) is 92.3 Å². The quantitative estimate of drug-likeness (QED) is 0.310. The summed E-state index contributed by atoms with van der Waals surface area (Å²) < 4.78 is 37.5. The van der Waals surface area contributed by atoms with E-state index < -0.39 is 10.0 Å². The van der Waals surface area contributed by atoms with Crippen molar-refractivity contribution in [3.05, 3.63) is 29.8 Å². The van der Waals surface area contributed by atoms with Gasteiger partial charge in [-0.15, -0.1) is 0 Å². The minimum absolute atomic E-state index is 0.0899. The number of nitrogens with zero attached hydrogens (tertiary/aromatic N) is 2. The van der Waals surface area contributed by atoms with Crippen molar-refractivity contribution < 1.29 is 17.9 Å². The number of nitrogens with one attached hydrogen (secondary N) is 2. The molecule has 1 aromatic carbocycles. The average Bonchev–Trinajstić information content (AvgIpc) is 3.25. The van der Waals surface area contributed by atoms with Gasteiger partial charge in [-0.1, -0.05) is 12.1 Å². The highest BCUT2D eigenvalue weighted by Gasteiger charge is 2.22. The summed E-state index contributed by atoms with van der Waals surface area (Å²) in [5, 5.41) is 6.51. The molecule has 30 heavy (non-hydrogen) atoms. The summed E-state index contributed by atoms with van der Waals surface area (Å²) in [6.45, 7) is 8.17. The lowest BCUT2D eigenvalue weighted by atomic mass is 10.1. The Morgan fingerprint density at radius 1 is 1.30 bits per heavy atom. The monoisotopic (exact) mass is 440 g/mol. The molecule has 2 N–H and O–H groups in total. The first-order chi connectivity index (χ1) is 14.3. The van der Waals surface area contributed by atoms with E-state index in [9.17, 15) is 8.42 Å². The van der Waals surface area contributed by atoms with Crippen LogP contribution in [0.5, 0.6) is 0 Å². The SMILES string of the molecule is CN=C(NCCCOCC1CCOC1)NCc1ccc(S(=O)(=O)N(C)C(C)C)cc1. The summed E-state index contributed by atoms with van der Waals surface area (Å²) >= 11 is 0. The average molecular weight is 441 g/mol. The van der Waals surface area contributed by atoms with Crippen LogP contribution in [0.2, 0.25) is 0 Å². The smallest absolute Gasteiger partial charge is 0.243 e. The second kappa shape index (κ2) is 12.2. The molecular weight excluding hydrogens is 404 g/mol. The van der Waals surface area contributed by atoms with Gasteiger partial charge in [0, 0.05) is 52.4 Å². The van der Waals surface area contributed by atoms with Crippen LogP contribution in [-0.4, -0.2) is 71.8 Å². The van der Waals surface area contributed by atoms with Crippen LogP contribution in [0.25, 0.3) is 0 Å². The number of ether oxygens (including phenoxy) is 2. The van der Waals surface area contributed by atoms with E-state index in [-0.39, 0.29) is 6.04 Å². The Bertz CT molecular complexity index is 760. The molecule has 0 aliphatic carbocycles. The number of hydrogen-bond acceptors (Lipinski definition) is 5. The first-order valence-corrected chi connectivity index (χ1v) is 12.0. The van der Waals surface area contributed by atoms with Gasteiger partial charge in [-0.05, 0) is 44.4 Å². The Kier molecular flexibility index (Phi) is 10.0. The molecule has 1 unspecified atom stereocenters. The maximum Gasteiger partial charge on any atom is 0.243 e. The molecule has 0 bridgehead atoms. The lowest BCUT2D eigenvalue weighted by molar-refractivity contribution is 0.0888. The number of rotatable bonds is 11. The molecule has 0 radical (unpaired) electrons. The van der Waals surface area contributed by atoms with E-state index in [2.05, 4.69) is 15.6 Å². The van der Waals surface area contributed by atoms with Crippen molar-refractivity contribution in [2.24, 2.45) is 10.9 Å². The third kappa shape index (κ3) is 7.54. The van der Waals surface area contributed by atoms with Crippen molar-refractivity contribution in [2.45, 2.75) is 44.2 Å². The molecule has 1 aliphatic heterocycles. The predicted octanol–water partition coefficient (Wildman–Crippen LogP) is 1.82. The Labute approximate surface area is 181 Å². The summed E-state index contributed by atoms with van der Waals surface area (Å²) in [4.78, 5) is 4.52. The fourth-order valence-corrected chi connectivity index (χ4v) is 4.34. The summed E-state index contributed by atoms with van der Waals surface area (Å²) in [6, 6.07) is 6.85. The van der Waals surface area contributed by atoms with E-state index in [4.69, 9.17) is 9.47 Å². The Balaban J connectivity index is 1.70.